The van der Waals surface area contributed by atoms with Gasteiger partial charge in [0.1, 0.15) is 18.9 Å². The van der Waals surface area contributed by atoms with Gasteiger partial charge >= 0.3 is 0 Å². The SMILES string of the molecule is CSc1cc2c(cc1NC(=O)c1cc3c(C)cc(C)cc3[nH]1)OCCO2. The van der Waals surface area contributed by atoms with Crippen molar-refractivity contribution >= 4 is 34.3 Å². The third-order valence-corrected chi connectivity index (χ3v) is 5.22. The molecule has 6 heteroatoms. The second-order valence-electron chi connectivity index (χ2n) is 6.38. The van der Waals surface area contributed by atoms with Crippen LogP contribution >= 0.6 is 11.8 Å². The van der Waals surface area contributed by atoms with Crippen molar-refractivity contribution in [2.24, 2.45) is 0 Å². The molecule has 0 bridgehead atoms. The lowest BCUT2D eigenvalue weighted by atomic mass is 10.1. The molecule has 134 valence electrons. The van der Waals surface area contributed by atoms with Gasteiger partial charge in [0.15, 0.2) is 11.5 Å². The van der Waals surface area contributed by atoms with Crippen LogP contribution in [0.15, 0.2) is 35.2 Å². The number of anilines is 1. The molecule has 5 nitrogen and oxygen atoms in total. The maximum Gasteiger partial charge on any atom is 0.272 e. The van der Waals surface area contributed by atoms with Crippen LogP contribution in [0.3, 0.4) is 0 Å². The number of carbonyl (C=O) groups is 1. The Kier molecular flexibility index (Phi) is 4.28. The van der Waals surface area contributed by atoms with Crippen LogP contribution in [0.2, 0.25) is 0 Å². The van der Waals surface area contributed by atoms with E-state index in [1.54, 1.807) is 11.8 Å². The summed E-state index contributed by atoms with van der Waals surface area (Å²) in [6.07, 6.45) is 1.97. The molecule has 2 heterocycles. The molecule has 1 amide bonds. The van der Waals surface area contributed by atoms with E-state index in [9.17, 15) is 4.79 Å². The van der Waals surface area contributed by atoms with Crippen molar-refractivity contribution < 1.29 is 14.3 Å². The lowest BCUT2D eigenvalue weighted by Crippen LogP contribution is -2.17. The van der Waals surface area contributed by atoms with Crippen molar-refractivity contribution in [1.29, 1.82) is 0 Å². The van der Waals surface area contributed by atoms with Crippen LogP contribution in [0.4, 0.5) is 5.69 Å². The summed E-state index contributed by atoms with van der Waals surface area (Å²) < 4.78 is 11.3. The zero-order valence-corrected chi connectivity index (χ0v) is 15.8. The minimum atomic E-state index is -0.176. The summed E-state index contributed by atoms with van der Waals surface area (Å²) in [5.74, 6) is 1.20. The van der Waals surface area contributed by atoms with Gasteiger partial charge in [-0.1, -0.05) is 6.07 Å². The molecule has 0 saturated heterocycles. The second kappa shape index (κ2) is 6.61. The van der Waals surface area contributed by atoms with Crippen molar-refractivity contribution in [1.82, 2.24) is 4.98 Å². The first-order valence-electron chi connectivity index (χ1n) is 8.44. The molecule has 0 spiro atoms. The molecule has 2 N–H and O–H groups in total. The fourth-order valence-corrected chi connectivity index (χ4v) is 3.80. The van der Waals surface area contributed by atoms with Crippen LogP contribution in [0.5, 0.6) is 11.5 Å². The first-order chi connectivity index (χ1) is 12.5. The van der Waals surface area contributed by atoms with Crippen LogP contribution in [0.1, 0.15) is 21.6 Å². The second-order valence-corrected chi connectivity index (χ2v) is 7.22. The smallest absolute Gasteiger partial charge is 0.272 e. The van der Waals surface area contributed by atoms with Gasteiger partial charge in [-0.15, -0.1) is 11.8 Å². The van der Waals surface area contributed by atoms with E-state index in [-0.39, 0.29) is 5.91 Å². The van der Waals surface area contributed by atoms with E-state index in [1.165, 1.54) is 5.56 Å². The van der Waals surface area contributed by atoms with Gasteiger partial charge in [-0.05, 0) is 49.4 Å². The summed E-state index contributed by atoms with van der Waals surface area (Å²) in [6, 6.07) is 9.81. The highest BCUT2D eigenvalue weighted by Gasteiger charge is 2.18. The number of carbonyl (C=O) groups excluding carboxylic acids is 1. The first kappa shape index (κ1) is 16.8. The van der Waals surface area contributed by atoms with Gasteiger partial charge in [-0.3, -0.25) is 4.79 Å². The third-order valence-electron chi connectivity index (χ3n) is 4.45. The Morgan fingerprint density at radius 2 is 1.81 bits per heavy atom. The molecule has 1 aromatic heterocycles. The number of ether oxygens (including phenoxy) is 2. The predicted molar refractivity (Wildman–Crippen MR) is 105 cm³/mol. The molecule has 0 saturated carbocycles. The Morgan fingerprint density at radius 1 is 1.08 bits per heavy atom. The lowest BCUT2D eigenvalue weighted by Gasteiger charge is -2.20. The van der Waals surface area contributed by atoms with E-state index in [2.05, 4.69) is 29.4 Å². The quantitative estimate of drug-likeness (QED) is 0.667. The van der Waals surface area contributed by atoms with Crippen LogP contribution in [-0.2, 0) is 0 Å². The maximum atomic E-state index is 12.8. The number of aromatic nitrogens is 1. The number of nitrogens with one attached hydrogen (secondary N) is 2. The number of hydrogen-bond donors (Lipinski definition) is 2. The molecule has 2 aromatic carbocycles. The normalized spacial score (nSPS) is 13.0. The molecule has 26 heavy (non-hydrogen) atoms. The molecule has 0 radical (unpaired) electrons. The summed E-state index contributed by atoms with van der Waals surface area (Å²) in [5.41, 5.74) is 4.55. The van der Waals surface area contributed by atoms with E-state index in [0.29, 0.717) is 24.7 Å². The van der Waals surface area contributed by atoms with E-state index in [1.807, 2.05) is 31.4 Å². The molecule has 1 aliphatic heterocycles. The Morgan fingerprint density at radius 3 is 2.54 bits per heavy atom. The van der Waals surface area contributed by atoms with Crippen LogP contribution < -0.4 is 14.8 Å². The molecule has 0 unspecified atom stereocenters. The van der Waals surface area contributed by atoms with E-state index in [0.717, 1.165) is 32.8 Å². The predicted octanol–water partition coefficient (Wildman–Crippen LogP) is 4.53. The van der Waals surface area contributed by atoms with E-state index in [4.69, 9.17) is 9.47 Å². The Hall–Kier alpha value is -2.60. The Labute approximate surface area is 156 Å². The zero-order chi connectivity index (χ0) is 18.3. The monoisotopic (exact) mass is 368 g/mol. The van der Waals surface area contributed by atoms with Gasteiger partial charge in [0, 0.05) is 21.9 Å². The minimum absolute atomic E-state index is 0.176. The van der Waals surface area contributed by atoms with Gasteiger partial charge in [0.25, 0.3) is 5.91 Å². The number of fused-ring (bicyclic) bond motifs is 2. The highest BCUT2D eigenvalue weighted by atomic mass is 32.2. The fraction of sp³-hybridized carbons (Fsp3) is 0.250. The van der Waals surface area contributed by atoms with E-state index >= 15 is 0 Å². The summed E-state index contributed by atoms with van der Waals surface area (Å²) >= 11 is 1.55. The van der Waals surface area contributed by atoms with Crippen molar-refractivity contribution in [3.8, 4) is 11.5 Å². The summed E-state index contributed by atoms with van der Waals surface area (Å²) in [5, 5.41) is 4.06. The molecule has 3 aromatic rings. The van der Waals surface area contributed by atoms with Crippen LogP contribution in [-0.4, -0.2) is 30.4 Å². The van der Waals surface area contributed by atoms with Crippen molar-refractivity contribution in [3.05, 3.63) is 47.2 Å². The molecule has 4 rings (SSSR count). The minimum Gasteiger partial charge on any atom is -0.486 e. The summed E-state index contributed by atoms with van der Waals surface area (Å²) in [7, 11) is 0. The molecule has 0 aliphatic carbocycles. The van der Waals surface area contributed by atoms with Crippen molar-refractivity contribution in [2.75, 3.05) is 24.8 Å². The average Bonchev–Trinajstić information content (AvgIpc) is 3.05. The van der Waals surface area contributed by atoms with E-state index < -0.39 is 0 Å². The van der Waals surface area contributed by atoms with Gasteiger partial charge in [0.2, 0.25) is 0 Å². The summed E-state index contributed by atoms with van der Waals surface area (Å²) in [4.78, 5) is 17.0. The highest BCUT2D eigenvalue weighted by molar-refractivity contribution is 7.98. The molecule has 0 atom stereocenters. The van der Waals surface area contributed by atoms with Crippen LogP contribution in [0, 0.1) is 13.8 Å². The fourth-order valence-electron chi connectivity index (χ4n) is 3.25. The number of amides is 1. The van der Waals surface area contributed by atoms with Gasteiger partial charge in [-0.2, -0.15) is 0 Å². The number of rotatable bonds is 3. The number of aromatic amines is 1. The first-order valence-corrected chi connectivity index (χ1v) is 9.66. The third kappa shape index (κ3) is 3.01. The zero-order valence-electron chi connectivity index (χ0n) is 14.9. The average molecular weight is 368 g/mol. The topological polar surface area (TPSA) is 63.4 Å². The van der Waals surface area contributed by atoms with Gasteiger partial charge < -0.3 is 19.8 Å². The molecular formula is C20H20N2O3S. The summed E-state index contributed by atoms with van der Waals surface area (Å²) in [6.45, 7) is 5.16. The van der Waals surface area contributed by atoms with Crippen molar-refractivity contribution in [3.63, 3.8) is 0 Å². The standard InChI is InChI=1S/C20H20N2O3S/c1-11-6-12(2)13-8-16(21-14(13)7-11)20(23)22-15-9-17-18(10-19(15)26-3)25-5-4-24-17/h6-10,21H,4-5H2,1-3H3,(H,22,23). The Bertz CT molecular complexity index is 1010. The number of aryl methyl sites for hydroxylation is 2. The maximum absolute atomic E-state index is 12.8. The largest absolute Gasteiger partial charge is 0.486 e. The lowest BCUT2D eigenvalue weighted by molar-refractivity contribution is 0.102. The molecule has 0 fully saturated rings. The number of hydrogen-bond acceptors (Lipinski definition) is 4. The highest BCUT2D eigenvalue weighted by Crippen LogP contribution is 2.39. The van der Waals surface area contributed by atoms with Crippen LogP contribution in [0.25, 0.3) is 10.9 Å². The number of benzene rings is 2. The van der Waals surface area contributed by atoms with Gasteiger partial charge in [-0.25, -0.2) is 0 Å². The Balaban J connectivity index is 1.67. The number of thioether (sulfide) groups is 1. The van der Waals surface area contributed by atoms with Gasteiger partial charge in [0.05, 0.1) is 5.69 Å². The number of H-pyrrole nitrogens is 1. The molecule has 1 aliphatic rings. The molecular weight excluding hydrogens is 348 g/mol. The van der Waals surface area contributed by atoms with Crippen molar-refractivity contribution in [2.45, 2.75) is 18.7 Å².